The van der Waals surface area contributed by atoms with Gasteiger partial charge in [0.05, 0.1) is 31.1 Å². The van der Waals surface area contributed by atoms with Gasteiger partial charge >= 0.3 is 6.09 Å². The number of aromatic nitrogens is 1. The van der Waals surface area contributed by atoms with Crippen molar-refractivity contribution in [3.05, 3.63) is 48.2 Å². The van der Waals surface area contributed by atoms with Crippen LogP contribution in [0.1, 0.15) is 6.42 Å². The summed E-state index contributed by atoms with van der Waals surface area (Å²) in [5.74, 6) is -1.08. The largest absolute Gasteiger partial charge is 0.490 e. The maximum Gasteiger partial charge on any atom is 0.404 e. The second kappa shape index (κ2) is 8.09. The van der Waals surface area contributed by atoms with Crippen molar-refractivity contribution in [2.24, 2.45) is 5.92 Å². The third-order valence-corrected chi connectivity index (χ3v) is 4.22. The average Bonchev–Trinajstić information content (AvgIpc) is 2.62. The fourth-order valence-corrected chi connectivity index (χ4v) is 2.82. The SMILES string of the molecule is O=C(O)N[C@H]1COCC[C@@H]1COc1ccc(-c2ccc(F)cn2)cc1F. The first-order valence-corrected chi connectivity index (χ1v) is 8.14. The maximum atomic E-state index is 14.3. The summed E-state index contributed by atoms with van der Waals surface area (Å²) < 4.78 is 38.1. The lowest BCUT2D eigenvalue weighted by Gasteiger charge is -2.31. The Morgan fingerprint density at radius 3 is 2.88 bits per heavy atom. The molecule has 1 aliphatic rings. The van der Waals surface area contributed by atoms with E-state index in [9.17, 15) is 13.6 Å². The Morgan fingerprint density at radius 1 is 1.35 bits per heavy atom. The van der Waals surface area contributed by atoms with Crippen molar-refractivity contribution >= 4 is 6.09 Å². The van der Waals surface area contributed by atoms with E-state index in [-0.39, 0.29) is 24.9 Å². The second-order valence-corrected chi connectivity index (χ2v) is 6.00. The number of nitrogens with zero attached hydrogens (tertiary/aromatic N) is 1. The molecule has 0 radical (unpaired) electrons. The average molecular weight is 364 g/mol. The van der Waals surface area contributed by atoms with Crippen LogP contribution in [-0.2, 0) is 4.74 Å². The molecule has 2 N–H and O–H groups in total. The highest BCUT2D eigenvalue weighted by atomic mass is 19.1. The smallest absolute Gasteiger partial charge is 0.404 e. The molecule has 26 heavy (non-hydrogen) atoms. The summed E-state index contributed by atoms with van der Waals surface area (Å²) in [6.07, 6.45) is 0.551. The van der Waals surface area contributed by atoms with Gasteiger partial charge in [0.25, 0.3) is 0 Å². The zero-order valence-corrected chi connectivity index (χ0v) is 13.8. The number of nitrogens with one attached hydrogen (secondary N) is 1. The Hall–Kier alpha value is -2.74. The second-order valence-electron chi connectivity index (χ2n) is 6.00. The fraction of sp³-hybridized carbons (Fsp3) is 0.333. The molecule has 2 atom stereocenters. The van der Waals surface area contributed by atoms with Crippen LogP contribution < -0.4 is 10.1 Å². The molecule has 1 aliphatic heterocycles. The molecular formula is C18H18F2N2O4. The van der Waals surface area contributed by atoms with Crippen LogP contribution >= 0.6 is 0 Å². The highest BCUT2D eigenvalue weighted by Gasteiger charge is 2.28. The molecular weight excluding hydrogens is 346 g/mol. The number of carbonyl (C=O) groups is 1. The topological polar surface area (TPSA) is 80.7 Å². The van der Waals surface area contributed by atoms with Crippen molar-refractivity contribution < 1.29 is 28.2 Å². The van der Waals surface area contributed by atoms with Crippen LogP contribution in [0.3, 0.4) is 0 Å². The molecule has 1 amide bonds. The third kappa shape index (κ3) is 4.45. The molecule has 6 nitrogen and oxygen atoms in total. The van der Waals surface area contributed by atoms with E-state index >= 15 is 0 Å². The lowest BCUT2D eigenvalue weighted by molar-refractivity contribution is 0.0205. The van der Waals surface area contributed by atoms with Gasteiger partial charge in [0.1, 0.15) is 5.82 Å². The zero-order valence-electron chi connectivity index (χ0n) is 13.8. The van der Waals surface area contributed by atoms with Crippen LogP contribution in [0.5, 0.6) is 5.75 Å². The van der Waals surface area contributed by atoms with Crippen LogP contribution in [0.15, 0.2) is 36.5 Å². The summed E-state index contributed by atoms with van der Waals surface area (Å²) in [4.78, 5) is 14.8. The number of rotatable bonds is 5. The van der Waals surface area contributed by atoms with Crippen molar-refractivity contribution in [1.82, 2.24) is 10.3 Å². The van der Waals surface area contributed by atoms with E-state index in [1.807, 2.05) is 0 Å². The Labute approximate surface area is 148 Å². The van der Waals surface area contributed by atoms with Gasteiger partial charge in [-0.3, -0.25) is 4.98 Å². The third-order valence-electron chi connectivity index (χ3n) is 4.22. The molecule has 0 unspecified atom stereocenters. The Bertz CT molecular complexity index is 770. The molecule has 0 bridgehead atoms. The van der Waals surface area contributed by atoms with Gasteiger partial charge in [0.15, 0.2) is 11.6 Å². The predicted molar refractivity (Wildman–Crippen MR) is 89.0 cm³/mol. The molecule has 1 aromatic carbocycles. The first-order chi connectivity index (χ1) is 12.5. The molecule has 138 valence electrons. The number of ether oxygens (including phenoxy) is 2. The number of amides is 1. The highest BCUT2D eigenvalue weighted by Crippen LogP contribution is 2.26. The van der Waals surface area contributed by atoms with E-state index in [2.05, 4.69) is 10.3 Å². The Balaban J connectivity index is 1.66. The molecule has 0 saturated carbocycles. The quantitative estimate of drug-likeness (QED) is 0.852. The van der Waals surface area contributed by atoms with E-state index in [4.69, 9.17) is 14.6 Å². The molecule has 0 aliphatic carbocycles. The standard InChI is InChI=1S/C18H18F2N2O4/c19-13-2-3-15(21-8-13)11-1-4-17(14(20)7-11)26-9-12-5-6-25-10-16(12)22-18(23)24/h1-4,7-8,12,16,22H,5-6,9-10H2,(H,23,24)/t12-,16+/m1/s1. The predicted octanol–water partition coefficient (Wildman–Crippen LogP) is 3.08. The van der Waals surface area contributed by atoms with E-state index in [1.54, 1.807) is 6.07 Å². The van der Waals surface area contributed by atoms with Crippen LogP contribution in [0.2, 0.25) is 0 Å². The first-order valence-electron chi connectivity index (χ1n) is 8.14. The van der Waals surface area contributed by atoms with E-state index < -0.39 is 23.8 Å². The van der Waals surface area contributed by atoms with Gasteiger partial charge in [0, 0.05) is 18.1 Å². The van der Waals surface area contributed by atoms with Crippen LogP contribution in [0.25, 0.3) is 11.3 Å². The lowest BCUT2D eigenvalue weighted by atomic mass is 9.96. The Morgan fingerprint density at radius 2 is 2.19 bits per heavy atom. The van der Waals surface area contributed by atoms with Gasteiger partial charge in [-0.25, -0.2) is 13.6 Å². The van der Waals surface area contributed by atoms with Crippen LogP contribution in [0, 0.1) is 17.6 Å². The van der Waals surface area contributed by atoms with Gasteiger partial charge in [-0.15, -0.1) is 0 Å². The molecule has 1 saturated heterocycles. The van der Waals surface area contributed by atoms with Gasteiger partial charge < -0.3 is 19.9 Å². The Kier molecular flexibility index (Phi) is 5.62. The first kappa shape index (κ1) is 18.1. The van der Waals surface area contributed by atoms with Gasteiger partial charge in [-0.1, -0.05) is 0 Å². The normalized spacial score (nSPS) is 19.8. The summed E-state index contributed by atoms with van der Waals surface area (Å²) >= 11 is 0. The minimum absolute atomic E-state index is 0.0661. The van der Waals surface area contributed by atoms with Gasteiger partial charge in [-0.2, -0.15) is 0 Å². The van der Waals surface area contributed by atoms with Crippen molar-refractivity contribution in [3.63, 3.8) is 0 Å². The van der Waals surface area contributed by atoms with Crippen molar-refractivity contribution in [1.29, 1.82) is 0 Å². The van der Waals surface area contributed by atoms with Crippen molar-refractivity contribution in [2.45, 2.75) is 12.5 Å². The number of halogens is 2. The van der Waals surface area contributed by atoms with E-state index in [0.29, 0.717) is 24.3 Å². The molecule has 2 heterocycles. The summed E-state index contributed by atoms with van der Waals surface area (Å²) in [5, 5.41) is 11.3. The lowest BCUT2D eigenvalue weighted by Crippen LogP contribution is -2.48. The highest BCUT2D eigenvalue weighted by molar-refractivity contribution is 5.65. The molecule has 0 spiro atoms. The van der Waals surface area contributed by atoms with Crippen molar-refractivity contribution in [2.75, 3.05) is 19.8 Å². The number of pyridine rings is 1. The molecule has 1 aromatic heterocycles. The monoisotopic (exact) mass is 364 g/mol. The zero-order chi connectivity index (χ0) is 18.5. The number of carboxylic acid groups (broad SMARTS) is 1. The van der Waals surface area contributed by atoms with E-state index in [0.717, 1.165) is 6.20 Å². The minimum atomic E-state index is -1.13. The molecule has 1 fully saturated rings. The molecule has 3 rings (SSSR count). The summed E-state index contributed by atoms with van der Waals surface area (Å²) in [6, 6.07) is 6.71. The van der Waals surface area contributed by atoms with E-state index in [1.165, 1.54) is 24.3 Å². The molecule has 2 aromatic rings. The summed E-state index contributed by atoms with van der Waals surface area (Å²) in [6.45, 7) is 0.931. The van der Waals surface area contributed by atoms with Gasteiger partial charge in [0.2, 0.25) is 0 Å². The number of hydrogen-bond acceptors (Lipinski definition) is 4. The molecule has 8 heteroatoms. The maximum absolute atomic E-state index is 14.3. The number of hydrogen-bond donors (Lipinski definition) is 2. The summed E-state index contributed by atoms with van der Waals surface area (Å²) in [5.41, 5.74) is 0.957. The minimum Gasteiger partial charge on any atom is -0.490 e. The van der Waals surface area contributed by atoms with Crippen molar-refractivity contribution in [3.8, 4) is 17.0 Å². The van der Waals surface area contributed by atoms with Crippen LogP contribution in [0.4, 0.5) is 13.6 Å². The summed E-state index contributed by atoms with van der Waals surface area (Å²) in [7, 11) is 0. The fourth-order valence-electron chi connectivity index (χ4n) is 2.82. The van der Waals surface area contributed by atoms with Gasteiger partial charge in [-0.05, 0) is 36.8 Å². The van der Waals surface area contributed by atoms with Crippen LogP contribution in [-0.4, -0.2) is 42.0 Å². The number of benzene rings is 1.